The minimum atomic E-state index is -1.52. The first-order chi connectivity index (χ1) is 13.7. The molecule has 2 atom stereocenters. The maximum atomic E-state index is 12.1. The first-order valence-corrected chi connectivity index (χ1v) is 12.3. The van der Waals surface area contributed by atoms with Crippen LogP contribution in [0.2, 0.25) is 0 Å². The van der Waals surface area contributed by atoms with Crippen LogP contribution >= 0.6 is 0 Å². The summed E-state index contributed by atoms with van der Waals surface area (Å²) in [4.78, 5) is 0. The second kappa shape index (κ2) is 11.7. The molecule has 3 fully saturated rings. The van der Waals surface area contributed by atoms with E-state index in [4.69, 9.17) is 4.74 Å². The first kappa shape index (κ1) is 22.2. The zero-order valence-electron chi connectivity index (χ0n) is 18.0. The summed E-state index contributed by atoms with van der Waals surface area (Å²) >= 11 is 0. The molecule has 1 aliphatic heterocycles. The Hall–Kier alpha value is -0.440. The maximum absolute atomic E-state index is 12.1. The van der Waals surface area contributed by atoms with E-state index in [9.17, 15) is 8.78 Å². The van der Waals surface area contributed by atoms with E-state index in [1.807, 2.05) is 0 Å². The maximum Gasteiger partial charge on any atom is 0.266 e. The number of allylic oxidation sites excluding steroid dienone is 1. The summed E-state index contributed by atoms with van der Waals surface area (Å²) in [6.45, 7) is 3.27. The van der Waals surface area contributed by atoms with Gasteiger partial charge in [0.25, 0.3) is 6.08 Å². The Labute approximate surface area is 171 Å². The highest BCUT2D eigenvalue weighted by Crippen LogP contribution is 2.45. The summed E-state index contributed by atoms with van der Waals surface area (Å²) in [6, 6.07) is 0. The largest absolute Gasteiger partial charge is 0.378 e. The van der Waals surface area contributed by atoms with E-state index < -0.39 is 6.08 Å². The lowest BCUT2D eigenvalue weighted by atomic mass is 9.66. The second-order valence-electron chi connectivity index (χ2n) is 9.93. The molecule has 0 amide bonds. The molecule has 0 spiro atoms. The van der Waals surface area contributed by atoms with Gasteiger partial charge in [-0.05, 0) is 106 Å². The fourth-order valence-electron chi connectivity index (χ4n) is 6.34. The third kappa shape index (κ3) is 6.82. The average molecular weight is 397 g/mol. The minimum absolute atomic E-state index is 0.532. The molecule has 3 aliphatic rings. The number of hydrogen-bond donors (Lipinski definition) is 0. The van der Waals surface area contributed by atoms with Crippen molar-refractivity contribution in [1.29, 1.82) is 0 Å². The number of rotatable bonds is 8. The smallest absolute Gasteiger partial charge is 0.266 e. The van der Waals surface area contributed by atoms with Crippen molar-refractivity contribution >= 4 is 0 Å². The van der Waals surface area contributed by atoms with Crippen LogP contribution in [0, 0.1) is 29.6 Å². The van der Waals surface area contributed by atoms with Crippen LogP contribution in [0.15, 0.2) is 12.2 Å². The van der Waals surface area contributed by atoms with E-state index in [1.165, 1.54) is 77.0 Å². The van der Waals surface area contributed by atoms with Crippen LogP contribution in [-0.2, 0) is 4.74 Å². The quantitative estimate of drug-likeness (QED) is 0.376. The highest BCUT2D eigenvalue weighted by Gasteiger charge is 2.34. The third-order valence-electron chi connectivity index (χ3n) is 8.27. The number of halogens is 2. The molecule has 162 valence electrons. The lowest BCUT2D eigenvalue weighted by molar-refractivity contribution is -0.0415. The van der Waals surface area contributed by atoms with Crippen LogP contribution in [0.5, 0.6) is 0 Å². The normalized spacial score (nSPS) is 36.8. The van der Waals surface area contributed by atoms with Gasteiger partial charge in [0.05, 0.1) is 12.7 Å². The molecule has 0 aromatic heterocycles. The predicted octanol–water partition coefficient (Wildman–Crippen LogP) is 8.15. The fraction of sp³-hybridized carbons (Fsp3) is 0.920. The molecule has 2 unspecified atom stereocenters. The SMILES string of the molecule is CCC1CCC(C2CCC(C3CCC(CCCCC=C(F)F)CC3)CC2)CO1. The molecule has 3 rings (SSSR count). The molecule has 0 bridgehead atoms. The zero-order valence-corrected chi connectivity index (χ0v) is 18.0. The lowest BCUT2D eigenvalue weighted by Crippen LogP contribution is -2.33. The number of unbranched alkanes of at least 4 members (excludes halogenated alkanes) is 2. The predicted molar refractivity (Wildman–Crippen MR) is 112 cm³/mol. The molecule has 3 heteroatoms. The van der Waals surface area contributed by atoms with Gasteiger partial charge >= 0.3 is 0 Å². The molecular weight excluding hydrogens is 354 g/mol. The Morgan fingerprint density at radius 2 is 1.36 bits per heavy atom. The molecule has 0 radical (unpaired) electrons. The van der Waals surface area contributed by atoms with Crippen molar-refractivity contribution in [1.82, 2.24) is 0 Å². The summed E-state index contributed by atoms with van der Waals surface area (Å²) in [5, 5.41) is 0. The van der Waals surface area contributed by atoms with Crippen LogP contribution < -0.4 is 0 Å². The van der Waals surface area contributed by atoms with E-state index in [2.05, 4.69) is 6.92 Å². The van der Waals surface area contributed by atoms with Crippen LogP contribution in [-0.4, -0.2) is 12.7 Å². The van der Waals surface area contributed by atoms with Gasteiger partial charge in [0.1, 0.15) is 0 Å². The van der Waals surface area contributed by atoms with Gasteiger partial charge in [-0.25, -0.2) is 0 Å². The molecule has 2 saturated carbocycles. The Morgan fingerprint density at radius 3 is 1.89 bits per heavy atom. The fourth-order valence-corrected chi connectivity index (χ4v) is 6.34. The Kier molecular flexibility index (Phi) is 9.27. The molecule has 1 saturated heterocycles. The van der Waals surface area contributed by atoms with Crippen molar-refractivity contribution in [2.24, 2.45) is 29.6 Å². The van der Waals surface area contributed by atoms with Crippen molar-refractivity contribution in [2.75, 3.05) is 6.61 Å². The van der Waals surface area contributed by atoms with E-state index >= 15 is 0 Å². The molecule has 0 N–H and O–H groups in total. The zero-order chi connectivity index (χ0) is 19.8. The summed E-state index contributed by atoms with van der Waals surface area (Å²) in [5.74, 6) is 4.56. The van der Waals surface area contributed by atoms with Gasteiger partial charge in [-0.1, -0.05) is 32.6 Å². The average Bonchev–Trinajstić information content (AvgIpc) is 2.74. The minimum Gasteiger partial charge on any atom is -0.378 e. The molecular formula is C25H42F2O. The Morgan fingerprint density at radius 1 is 0.786 bits per heavy atom. The molecule has 0 aromatic rings. The monoisotopic (exact) mass is 396 g/mol. The number of hydrogen-bond acceptors (Lipinski definition) is 1. The van der Waals surface area contributed by atoms with Gasteiger partial charge in [-0.2, -0.15) is 8.78 Å². The van der Waals surface area contributed by atoms with Crippen molar-refractivity contribution in [3.8, 4) is 0 Å². The topological polar surface area (TPSA) is 9.23 Å². The third-order valence-corrected chi connectivity index (χ3v) is 8.27. The summed E-state index contributed by atoms with van der Waals surface area (Å²) in [5.41, 5.74) is 0. The van der Waals surface area contributed by atoms with Crippen molar-refractivity contribution in [3.63, 3.8) is 0 Å². The van der Waals surface area contributed by atoms with E-state index in [0.717, 1.165) is 55.1 Å². The van der Waals surface area contributed by atoms with Crippen LogP contribution in [0.1, 0.15) is 103 Å². The molecule has 28 heavy (non-hydrogen) atoms. The Balaban J connectivity index is 1.28. The second-order valence-corrected chi connectivity index (χ2v) is 9.93. The van der Waals surface area contributed by atoms with Gasteiger partial charge in [0.2, 0.25) is 0 Å². The van der Waals surface area contributed by atoms with Gasteiger partial charge in [-0.15, -0.1) is 0 Å². The summed E-state index contributed by atoms with van der Waals surface area (Å²) < 4.78 is 30.2. The molecule has 1 heterocycles. The summed E-state index contributed by atoms with van der Waals surface area (Å²) in [6.07, 6.45) is 19.2. The van der Waals surface area contributed by atoms with Crippen LogP contribution in [0.25, 0.3) is 0 Å². The van der Waals surface area contributed by atoms with Gasteiger partial charge in [0, 0.05) is 0 Å². The van der Waals surface area contributed by atoms with Gasteiger partial charge in [0.15, 0.2) is 0 Å². The Bertz CT molecular complexity index is 449. The van der Waals surface area contributed by atoms with Crippen LogP contribution in [0.3, 0.4) is 0 Å². The van der Waals surface area contributed by atoms with Gasteiger partial charge < -0.3 is 4.74 Å². The molecule has 2 aliphatic carbocycles. The highest BCUT2D eigenvalue weighted by atomic mass is 19.3. The first-order valence-electron chi connectivity index (χ1n) is 12.3. The molecule has 1 nitrogen and oxygen atoms in total. The van der Waals surface area contributed by atoms with Gasteiger partial charge in [-0.3, -0.25) is 0 Å². The number of ether oxygens (including phenoxy) is 1. The lowest BCUT2D eigenvalue weighted by Gasteiger charge is -2.41. The van der Waals surface area contributed by atoms with Crippen molar-refractivity contribution in [2.45, 2.75) is 109 Å². The van der Waals surface area contributed by atoms with Crippen LogP contribution in [0.4, 0.5) is 8.78 Å². The summed E-state index contributed by atoms with van der Waals surface area (Å²) in [7, 11) is 0. The molecule has 0 aromatic carbocycles. The standard InChI is InChI=1S/C25H42F2O/c1-2-24-17-16-23(18-28-24)22-14-12-21(13-15-22)20-10-8-19(9-11-20)6-4-3-5-7-25(26)27/h7,19-24H,2-6,8-18H2,1H3. The van der Waals surface area contributed by atoms with Crippen molar-refractivity contribution < 1.29 is 13.5 Å². The van der Waals surface area contributed by atoms with Crippen molar-refractivity contribution in [3.05, 3.63) is 12.2 Å². The van der Waals surface area contributed by atoms with E-state index in [1.54, 1.807) is 0 Å². The van der Waals surface area contributed by atoms with E-state index in [-0.39, 0.29) is 0 Å². The highest BCUT2D eigenvalue weighted by molar-refractivity contribution is 4.85. The van der Waals surface area contributed by atoms with E-state index in [0.29, 0.717) is 12.5 Å².